The van der Waals surface area contributed by atoms with Crippen molar-refractivity contribution < 1.29 is 22.5 Å². The van der Waals surface area contributed by atoms with Crippen molar-refractivity contribution in [1.82, 2.24) is 4.98 Å². The van der Waals surface area contributed by atoms with E-state index in [1.54, 1.807) is 0 Å². The van der Waals surface area contributed by atoms with Crippen LogP contribution in [-0.2, 0) is 6.18 Å². The van der Waals surface area contributed by atoms with Gasteiger partial charge in [0.1, 0.15) is 0 Å². The van der Waals surface area contributed by atoms with Crippen molar-refractivity contribution in [3.8, 4) is 0 Å². The van der Waals surface area contributed by atoms with Crippen LogP contribution in [0.25, 0.3) is 0 Å². The van der Waals surface area contributed by atoms with Gasteiger partial charge in [0.15, 0.2) is 5.56 Å². The summed E-state index contributed by atoms with van der Waals surface area (Å²) in [6, 6.07) is 0.492. The molecule has 0 aromatic carbocycles. The molecule has 0 spiro atoms. The summed E-state index contributed by atoms with van der Waals surface area (Å²) in [7, 11) is 0. The number of nitrogens with zero attached hydrogens (tertiary/aromatic N) is 2. The van der Waals surface area contributed by atoms with E-state index in [0.29, 0.717) is 12.3 Å². The van der Waals surface area contributed by atoms with Gasteiger partial charge in [0.25, 0.3) is 5.69 Å². The third kappa shape index (κ3) is 1.78. The number of alkyl halides is 3. The Morgan fingerprint density at radius 2 is 2.00 bits per heavy atom. The van der Waals surface area contributed by atoms with Crippen LogP contribution in [0, 0.1) is 16.1 Å². The normalized spacial score (nSPS) is 11.4. The maximum Gasteiger partial charge on any atom is 0.427 e. The van der Waals surface area contributed by atoms with Crippen LogP contribution in [0.5, 0.6) is 0 Å². The van der Waals surface area contributed by atoms with Gasteiger partial charge in [-0.1, -0.05) is 0 Å². The number of hydrogen-bond donors (Lipinski definition) is 0. The van der Waals surface area contributed by atoms with Crippen LogP contribution < -0.4 is 0 Å². The summed E-state index contributed by atoms with van der Waals surface area (Å²) in [4.78, 5) is 11.5. The number of halogens is 4. The first-order valence-electron chi connectivity index (χ1n) is 3.20. The smallest absolute Gasteiger partial charge is 0.258 e. The quantitative estimate of drug-likeness (QED) is 0.309. The minimum Gasteiger partial charge on any atom is -0.258 e. The number of rotatable bonds is 1. The van der Waals surface area contributed by atoms with Gasteiger partial charge in [-0.15, -0.1) is 0 Å². The first-order chi connectivity index (χ1) is 6.34. The Hall–Kier alpha value is -1.73. The minimum atomic E-state index is -5.12. The Kier molecular flexibility index (Phi) is 2.37. The standard InChI is InChI=1S/C6H2F4N2O2/c7-5-4(6(8,9)10)3(12(13)14)1-2-11-5/h1-2H. The molecule has 0 bridgehead atoms. The van der Waals surface area contributed by atoms with Crippen LogP contribution >= 0.6 is 0 Å². The second-order valence-corrected chi connectivity index (χ2v) is 2.25. The summed E-state index contributed by atoms with van der Waals surface area (Å²) in [6.45, 7) is 0. The average molecular weight is 210 g/mol. The lowest BCUT2D eigenvalue weighted by Crippen LogP contribution is -2.12. The molecule has 0 saturated heterocycles. The summed E-state index contributed by atoms with van der Waals surface area (Å²) in [6.07, 6.45) is -4.52. The van der Waals surface area contributed by atoms with E-state index in [9.17, 15) is 27.7 Å². The molecule has 8 heteroatoms. The highest BCUT2D eigenvalue weighted by molar-refractivity contribution is 5.40. The molecule has 14 heavy (non-hydrogen) atoms. The Bertz CT molecular complexity index is 377. The molecule has 0 fully saturated rings. The van der Waals surface area contributed by atoms with Crippen LogP contribution in [0.4, 0.5) is 23.2 Å². The molecule has 0 atom stereocenters. The van der Waals surface area contributed by atoms with Crippen molar-refractivity contribution in [3.63, 3.8) is 0 Å². The number of pyridine rings is 1. The molecule has 0 unspecified atom stereocenters. The molecule has 1 aromatic rings. The largest absolute Gasteiger partial charge is 0.427 e. The van der Waals surface area contributed by atoms with Crippen LogP contribution in [0.2, 0.25) is 0 Å². The summed E-state index contributed by atoms with van der Waals surface area (Å²) in [5.41, 5.74) is -3.30. The molecular weight excluding hydrogens is 208 g/mol. The molecule has 0 aliphatic rings. The second kappa shape index (κ2) is 3.20. The zero-order valence-electron chi connectivity index (χ0n) is 6.38. The highest BCUT2D eigenvalue weighted by Crippen LogP contribution is 2.36. The Balaban J connectivity index is 3.45. The van der Waals surface area contributed by atoms with E-state index >= 15 is 0 Å². The average Bonchev–Trinajstić information content (AvgIpc) is 2.01. The van der Waals surface area contributed by atoms with Crippen molar-refractivity contribution in [2.75, 3.05) is 0 Å². The van der Waals surface area contributed by atoms with Gasteiger partial charge in [0.2, 0.25) is 5.95 Å². The minimum absolute atomic E-state index is 0.492. The van der Waals surface area contributed by atoms with Gasteiger partial charge in [0, 0.05) is 12.3 Å². The fourth-order valence-electron chi connectivity index (χ4n) is 0.841. The molecule has 0 N–H and O–H groups in total. The van der Waals surface area contributed by atoms with Gasteiger partial charge < -0.3 is 0 Å². The first kappa shape index (κ1) is 10.4. The lowest BCUT2D eigenvalue weighted by molar-refractivity contribution is -0.388. The SMILES string of the molecule is O=[N+]([O-])c1ccnc(F)c1C(F)(F)F. The van der Waals surface area contributed by atoms with Crippen LogP contribution in [-0.4, -0.2) is 9.91 Å². The van der Waals surface area contributed by atoms with E-state index in [-0.39, 0.29) is 0 Å². The van der Waals surface area contributed by atoms with Gasteiger partial charge in [-0.05, 0) is 0 Å². The Morgan fingerprint density at radius 3 is 2.36 bits per heavy atom. The molecule has 4 nitrogen and oxygen atoms in total. The Morgan fingerprint density at radius 1 is 1.43 bits per heavy atom. The lowest BCUT2D eigenvalue weighted by atomic mass is 10.2. The predicted octanol–water partition coefficient (Wildman–Crippen LogP) is 2.15. The molecular formula is C6H2F4N2O2. The molecule has 76 valence electrons. The molecule has 1 heterocycles. The number of hydrogen-bond acceptors (Lipinski definition) is 3. The highest BCUT2D eigenvalue weighted by Gasteiger charge is 2.42. The zero-order chi connectivity index (χ0) is 10.9. The van der Waals surface area contributed by atoms with E-state index in [4.69, 9.17) is 0 Å². The molecule has 1 rings (SSSR count). The Labute approximate surface area is 74.3 Å². The van der Waals surface area contributed by atoms with E-state index in [1.807, 2.05) is 0 Å². The predicted molar refractivity (Wildman–Crippen MR) is 35.9 cm³/mol. The first-order valence-corrected chi connectivity index (χ1v) is 3.20. The molecule has 0 aliphatic heterocycles. The highest BCUT2D eigenvalue weighted by atomic mass is 19.4. The van der Waals surface area contributed by atoms with E-state index in [1.165, 1.54) is 0 Å². The van der Waals surface area contributed by atoms with E-state index in [2.05, 4.69) is 4.98 Å². The third-order valence-electron chi connectivity index (χ3n) is 1.36. The number of aromatic nitrogens is 1. The van der Waals surface area contributed by atoms with E-state index in [0.717, 1.165) is 0 Å². The lowest BCUT2D eigenvalue weighted by Gasteiger charge is -2.06. The molecule has 0 aliphatic carbocycles. The van der Waals surface area contributed by atoms with E-state index < -0.39 is 28.3 Å². The maximum absolute atomic E-state index is 12.6. The second-order valence-electron chi connectivity index (χ2n) is 2.25. The van der Waals surface area contributed by atoms with Crippen LogP contribution in [0.15, 0.2) is 12.3 Å². The van der Waals surface area contributed by atoms with Crippen molar-refractivity contribution in [2.45, 2.75) is 6.18 Å². The fraction of sp³-hybridized carbons (Fsp3) is 0.167. The molecule has 1 aromatic heterocycles. The summed E-state index contributed by atoms with van der Waals surface area (Å²) >= 11 is 0. The summed E-state index contributed by atoms with van der Waals surface area (Å²) in [5, 5.41) is 10.1. The van der Waals surface area contributed by atoms with Gasteiger partial charge in [-0.3, -0.25) is 10.1 Å². The van der Waals surface area contributed by atoms with Crippen LogP contribution in [0.3, 0.4) is 0 Å². The van der Waals surface area contributed by atoms with Gasteiger partial charge in [-0.2, -0.15) is 17.6 Å². The molecule has 0 saturated carbocycles. The van der Waals surface area contributed by atoms with Crippen molar-refractivity contribution in [3.05, 3.63) is 33.9 Å². The topological polar surface area (TPSA) is 56.0 Å². The van der Waals surface area contributed by atoms with Crippen molar-refractivity contribution >= 4 is 5.69 Å². The maximum atomic E-state index is 12.6. The fourth-order valence-corrected chi connectivity index (χ4v) is 0.841. The third-order valence-corrected chi connectivity index (χ3v) is 1.36. The summed E-state index contributed by atoms with van der Waals surface area (Å²) in [5.74, 6) is -1.90. The molecule has 0 radical (unpaired) electrons. The van der Waals surface area contributed by atoms with Gasteiger partial charge in [-0.25, -0.2) is 4.98 Å². The van der Waals surface area contributed by atoms with Crippen molar-refractivity contribution in [1.29, 1.82) is 0 Å². The van der Waals surface area contributed by atoms with Gasteiger partial charge >= 0.3 is 6.18 Å². The summed E-state index contributed by atoms with van der Waals surface area (Å²) < 4.78 is 48.8. The molecule has 0 amide bonds. The van der Waals surface area contributed by atoms with Crippen molar-refractivity contribution in [2.24, 2.45) is 0 Å². The zero-order valence-corrected chi connectivity index (χ0v) is 6.38. The number of nitro groups is 1. The van der Waals surface area contributed by atoms with Gasteiger partial charge in [0.05, 0.1) is 4.92 Å². The monoisotopic (exact) mass is 210 g/mol. The van der Waals surface area contributed by atoms with Crippen LogP contribution in [0.1, 0.15) is 5.56 Å².